The number of nitrogens with zero attached hydrogens (tertiary/aromatic N) is 9. The minimum Gasteiger partial charge on any atom is -0.307 e. The molecule has 0 atom stereocenters. The standard InChI is InChI=1S/C75H41N9/c76-42-47-11-19-51(20-12-47)57-27-31-69-63(35-57)64-36-58(52-21-13-48(43-77)14-22-52)28-32-70(64)83(69)73-39-61(46-80)62(75-81-67(55-7-3-1-4-8-55)41-68(82-75)56-9-5-2-6-10-56)40-74(73)84-71-33-29-59(53-23-15-49(44-78)16-24-53)37-65(71)66-38-60(30-34-72(66)84)54-25-17-50(45-79)18-26-54/h1-41H. The van der Waals surface area contributed by atoms with Crippen molar-refractivity contribution in [3.63, 3.8) is 0 Å². The number of hydrogen-bond donors (Lipinski definition) is 0. The summed E-state index contributed by atoms with van der Waals surface area (Å²) in [5, 5.41) is 54.3. The van der Waals surface area contributed by atoms with Crippen molar-refractivity contribution < 1.29 is 0 Å². The quantitative estimate of drug-likeness (QED) is 0.139. The molecule has 3 heterocycles. The first-order chi connectivity index (χ1) is 41.4. The monoisotopic (exact) mass is 1070 g/mol. The molecule has 0 bridgehead atoms. The van der Waals surface area contributed by atoms with Crippen LogP contribution in [-0.2, 0) is 0 Å². The summed E-state index contributed by atoms with van der Waals surface area (Å²) in [4.78, 5) is 10.6. The maximum Gasteiger partial charge on any atom is 0.161 e. The highest BCUT2D eigenvalue weighted by Crippen LogP contribution is 2.44. The van der Waals surface area contributed by atoms with Gasteiger partial charge in [0.25, 0.3) is 0 Å². The van der Waals surface area contributed by atoms with Crippen molar-refractivity contribution in [2.75, 3.05) is 0 Å². The van der Waals surface area contributed by atoms with E-state index in [0.717, 1.165) is 111 Å². The van der Waals surface area contributed by atoms with Gasteiger partial charge in [-0.05, 0) is 160 Å². The van der Waals surface area contributed by atoms with Gasteiger partial charge in [0, 0.05) is 38.2 Å². The summed E-state index contributed by atoms with van der Waals surface area (Å²) in [5.74, 6) is 0.382. The Hall–Kier alpha value is -12.5. The number of aromatic nitrogens is 4. The molecule has 9 heteroatoms. The van der Waals surface area contributed by atoms with Gasteiger partial charge in [0.15, 0.2) is 5.82 Å². The SMILES string of the molecule is N#Cc1ccc(-c2ccc3c(c2)c2cc(-c4ccc(C#N)cc4)ccc2n3-c2cc(C#N)c(-c3nc(-c4ccccc4)cc(-c4ccccc4)n3)cc2-n2c3ccc(-c4ccc(C#N)cc4)cc3c3cc(-c4ccc(C#N)cc4)ccc32)cc1. The van der Waals surface area contributed by atoms with Crippen LogP contribution in [0, 0.1) is 56.7 Å². The lowest BCUT2D eigenvalue weighted by Gasteiger charge is -2.20. The van der Waals surface area contributed by atoms with Crippen molar-refractivity contribution in [3.05, 3.63) is 277 Å². The van der Waals surface area contributed by atoms with Crippen molar-refractivity contribution in [2.45, 2.75) is 0 Å². The second-order valence-electron chi connectivity index (χ2n) is 20.5. The zero-order valence-electron chi connectivity index (χ0n) is 44.7. The van der Waals surface area contributed by atoms with Gasteiger partial charge in [-0.2, -0.15) is 26.3 Å². The van der Waals surface area contributed by atoms with Crippen LogP contribution in [0.25, 0.3) is 133 Å². The summed E-state index contributed by atoms with van der Waals surface area (Å²) in [6.07, 6.45) is 0. The lowest BCUT2D eigenvalue weighted by Crippen LogP contribution is -2.06. The number of hydrogen-bond acceptors (Lipinski definition) is 7. The van der Waals surface area contributed by atoms with Crippen LogP contribution in [0.2, 0.25) is 0 Å². The Morgan fingerprint density at radius 1 is 0.262 bits per heavy atom. The van der Waals surface area contributed by atoms with Gasteiger partial charge in [-0.15, -0.1) is 0 Å². The third-order valence-corrected chi connectivity index (χ3v) is 15.7. The van der Waals surface area contributed by atoms with Gasteiger partial charge in [-0.1, -0.05) is 133 Å². The number of benzene rings is 11. The van der Waals surface area contributed by atoms with E-state index in [2.05, 4.69) is 118 Å². The van der Waals surface area contributed by atoms with E-state index in [1.54, 1.807) is 0 Å². The first-order valence-corrected chi connectivity index (χ1v) is 27.1. The molecule has 0 saturated carbocycles. The fourth-order valence-electron chi connectivity index (χ4n) is 11.5. The van der Waals surface area contributed by atoms with Crippen LogP contribution in [0.5, 0.6) is 0 Å². The molecule has 0 spiro atoms. The third kappa shape index (κ3) is 8.72. The Balaban J connectivity index is 1.10. The Bertz CT molecular complexity index is 4910. The van der Waals surface area contributed by atoms with Gasteiger partial charge >= 0.3 is 0 Å². The predicted molar refractivity (Wildman–Crippen MR) is 332 cm³/mol. The largest absolute Gasteiger partial charge is 0.307 e. The van der Waals surface area contributed by atoms with Crippen LogP contribution >= 0.6 is 0 Å². The minimum absolute atomic E-state index is 0.364. The van der Waals surface area contributed by atoms with Gasteiger partial charge in [0.1, 0.15) is 0 Å². The summed E-state index contributed by atoms with van der Waals surface area (Å²) in [5.41, 5.74) is 19.1. The van der Waals surface area contributed by atoms with E-state index >= 15 is 0 Å². The highest BCUT2D eigenvalue weighted by atomic mass is 15.1. The second-order valence-corrected chi connectivity index (χ2v) is 20.5. The Morgan fingerprint density at radius 3 is 0.857 bits per heavy atom. The van der Waals surface area contributed by atoms with Gasteiger partial charge in [-0.25, -0.2) is 9.97 Å². The molecule has 14 rings (SSSR count). The van der Waals surface area contributed by atoms with E-state index in [-0.39, 0.29) is 0 Å². The average Bonchev–Trinajstić information content (AvgIpc) is 2.29. The molecule has 0 amide bonds. The fourth-order valence-corrected chi connectivity index (χ4v) is 11.5. The second kappa shape index (κ2) is 20.7. The molecule has 11 aromatic carbocycles. The predicted octanol–water partition coefficient (Wildman–Crippen LogP) is 17.7. The number of nitriles is 5. The summed E-state index contributed by atoms with van der Waals surface area (Å²) in [7, 11) is 0. The maximum atomic E-state index is 11.6. The molecular formula is C75H41N9. The van der Waals surface area contributed by atoms with Crippen molar-refractivity contribution >= 4 is 43.6 Å². The summed E-state index contributed by atoms with van der Waals surface area (Å²) >= 11 is 0. The van der Waals surface area contributed by atoms with E-state index in [1.165, 1.54) is 0 Å². The van der Waals surface area contributed by atoms with Crippen molar-refractivity contribution in [2.24, 2.45) is 0 Å². The molecule has 386 valence electrons. The molecule has 0 fully saturated rings. The molecule has 0 N–H and O–H groups in total. The maximum absolute atomic E-state index is 11.6. The lowest BCUT2D eigenvalue weighted by atomic mass is 9.99. The number of fused-ring (bicyclic) bond motifs is 6. The van der Waals surface area contributed by atoms with E-state index in [9.17, 15) is 26.3 Å². The minimum atomic E-state index is 0.364. The van der Waals surface area contributed by atoms with Crippen molar-refractivity contribution in [1.82, 2.24) is 19.1 Å². The molecule has 3 aromatic heterocycles. The highest BCUT2D eigenvalue weighted by Gasteiger charge is 2.25. The van der Waals surface area contributed by atoms with Crippen LogP contribution < -0.4 is 0 Å². The first kappa shape index (κ1) is 49.8. The van der Waals surface area contributed by atoms with E-state index < -0.39 is 0 Å². The van der Waals surface area contributed by atoms with Crippen molar-refractivity contribution in [3.8, 4) is 120 Å². The van der Waals surface area contributed by atoms with E-state index in [1.807, 2.05) is 170 Å². The van der Waals surface area contributed by atoms with Crippen LogP contribution in [-0.4, -0.2) is 19.1 Å². The normalized spacial score (nSPS) is 11.0. The Morgan fingerprint density at radius 2 is 0.560 bits per heavy atom. The van der Waals surface area contributed by atoms with Crippen molar-refractivity contribution in [1.29, 1.82) is 26.3 Å². The number of rotatable bonds is 9. The third-order valence-electron chi connectivity index (χ3n) is 15.7. The summed E-state index contributed by atoms with van der Waals surface area (Å²) in [6, 6.07) is 93.9. The highest BCUT2D eigenvalue weighted by molar-refractivity contribution is 6.14. The fraction of sp³-hybridized carbons (Fsp3) is 0. The summed E-state index contributed by atoms with van der Waals surface area (Å²) < 4.78 is 4.53. The molecule has 0 aliphatic rings. The zero-order chi connectivity index (χ0) is 56.8. The molecule has 0 radical (unpaired) electrons. The lowest BCUT2D eigenvalue weighted by molar-refractivity contribution is 1.09. The summed E-state index contributed by atoms with van der Waals surface area (Å²) in [6.45, 7) is 0. The van der Waals surface area contributed by atoms with Crippen LogP contribution in [0.3, 0.4) is 0 Å². The molecular weight excluding hydrogens is 1030 g/mol. The first-order valence-electron chi connectivity index (χ1n) is 27.1. The van der Waals surface area contributed by atoms with Gasteiger partial charge in [-0.3, -0.25) is 0 Å². The zero-order valence-corrected chi connectivity index (χ0v) is 44.7. The molecule has 0 aliphatic heterocycles. The molecule has 0 unspecified atom stereocenters. The van der Waals surface area contributed by atoms with Crippen LogP contribution in [0.1, 0.15) is 27.8 Å². The molecule has 0 aliphatic carbocycles. The molecule has 84 heavy (non-hydrogen) atoms. The van der Waals surface area contributed by atoms with Gasteiger partial charge < -0.3 is 9.13 Å². The molecule has 14 aromatic rings. The molecule has 0 saturated heterocycles. The van der Waals surface area contributed by atoms with Crippen LogP contribution in [0.4, 0.5) is 0 Å². The van der Waals surface area contributed by atoms with Crippen LogP contribution in [0.15, 0.2) is 249 Å². The molecule has 9 nitrogen and oxygen atoms in total. The topological polar surface area (TPSA) is 155 Å². The van der Waals surface area contributed by atoms with Gasteiger partial charge in [0.2, 0.25) is 0 Å². The van der Waals surface area contributed by atoms with Gasteiger partial charge in [0.05, 0.1) is 103 Å². The Kier molecular flexibility index (Phi) is 12.2. The smallest absolute Gasteiger partial charge is 0.161 e. The average molecular weight is 1070 g/mol. The van der Waals surface area contributed by atoms with E-state index in [0.29, 0.717) is 50.6 Å². The Labute approximate surface area is 483 Å². The van der Waals surface area contributed by atoms with E-state index in [4.69, 9.17) is 9.97 Å².